The summed E-state index contributed by atoms with van der Waals surface area (Å²) < 4.78 is 17.8. The molecule has 0 aliphatic rings. The molecule has 28 heavy (non-hydrogen) atoms. The first-order valence-electron chi connectivity index (χ1n) is 9.21. The zero-order valence-electron chi connectivity index (χ0n) is 15.8. The number of carbonyl (C=O) groups excluding carboxylic acids is 3. The molecule has 0 heterocycles. The summed E-state index contributed by atoms with van der Waals surface area (Å²) in [7, 11) is 0. The van der Waals surface area contributed by atoms with Gasteiger partial charge in [0, 0.05) is 18.0 Å². The number of carbonyl (C=O) groups is 3. The largest absolute Gasteiger partial charge is 0.456 e. The van der Waals surface area contributed by atoms with Crippen LogP contribution < -0.4 is 5.32 Å². The Labute approximate surface area is 163 Å². The number of rotatable bonds is 10. The van der Waals surface area contributed by atoms with Crippen LogP contribution in [-0.2, 0) is 20.7 Å². The highest BCUT2D eigenvalue weighted by molar-refractivity contribution is 5.97. The van der Waals surface area contributed by atoms with Crippen molar-refractivity contribution in [3.8, 4) is 0 Å². The van der Waals surface area contributed by atoms with Gasteiger partial charge in [0.05, 0.1) is 6.42 Å². The molecule has 0 radical (unpaired) electrons. The molecule has 2 aromatic rings. The Morgan fingerprint density at radius 3 is 2.36 bits per heavy atom. The summed E-state index contributed by atoms with van der Waals surface area (Å²) in [5.41, 5.74) is 1.53. The first-order valence-corrected chi connectivity index (χ1v) is 9.21. The highest BCUT2D eigenvalue weighted by atomic mass is 19.1. The number of nitrogens with one attached hydrogen (secondary N) is 1. The molecule has 0 saturated carbocycles. The van der Waals surface area contributed by atoms with E-state index >= 15 is 0 Å². The van der Waals surface area contributed by atoms with Crippen LogP contribution in [-0.4, -0.2) is 30.3 Å². The van der Waals surface area contributed by atoms with Gasteiger partial charge in [0.2, 0.25) is 0 Å². The number of hydrogen-bond donors (Lipinski definition) is 1. The van der Waals surface area contributed by atoms with Crippen molar-refractivity contribution in [1.82, 2.24) is 5.32 Å². The van der Waals surface area contributed by atoms with Gasteiger partial charge in [0.1, 0.15) is 5.82 Å². The number of ether oxygens (including phenoxy) is 1. The van der Waals surface area contributed by atoms with E-state index in [4.69, 9.17) is 4.74 Å². The van der Waals surface area contributed by atoms with Crippen molar-refractivity contribution < 1.29 is 23.5 Å². The number of esters is 1. The van der Waals surface area contributed by atoms with Crippen molar-refractivity contribution >= 4 is 17.7 Å². The maximum absolute atomic E-state index is 12.8. The summed E-state index contributed by atoms with van der Waals surface area (Å²) in [5.74, 6) is -1.71. The van der Waals surface area contributed by atoms with Gasteiger partial charge in [-0.2, -0.15) is 0 Å². The van der Waals surface area contributed by atoms with Crippen LogP contribution in [0.15, 0.2) is 54.6 Å². The molecule has 0 aliphatic carbocycles. The Morgan fingerprint density at radius 2 is 1.68 bits per heavy atom. The normalized spacial score (nSPS) is 11.5. The smallest absolute Gasteiger partial charge is 0.306 e. The fourth-order valence-electron chi connectivity index (χ4n) is 2.63. The Morgan fingerprint density at radius 1 is 1.00 bits per heavy atom. The number of benzene rings is 2. The second kappa shape index (κ2) is 11.0. The molecule has 0 spiro atoms. The summed E-state index contributed by atoms with van der Waals surface area (Å²) in [6.45, 7) is 1.52. The lowest BCUT2D eigenvalue weighted by Gasteiger charge is -2.14. The average Bonchev–Trinajstić information content (AvgIpc) is 2.70. The van der Waals surface area contributed by atoms with Crippen LogP contribution in [0.4, 0.5) is 4.39 Å². The van der Waals surface area contributed by atoms with Crippen LogP contribution in [0, 0.1) is 5.82 Å². The van der Waals surface area contributed by atoms with Crippen LogP contribution in [0.2, 0.25) is 0 Å². The minimum Gasteiger partial charge on any atom is -0.456 e. The maximum Gasteiger partial charge on any atom is 0.306 e. The van der Waals surface area contributed by atoms with Crippen LogP contribution in [0.3, 0.4) is 0 Å². The molecule has 1 atom stereocenters. The Kier molecular flexibility index (Phi) is 8.34. The minimum atomic E-state index is -0.623. The monoisotopic (exact) mass is 385 g/mol. The first-order chi connectivity index (χ1) is 13.4. The van der Waals surface area contributed by atoms with Gasteiger partial charge < -0.3 is 10.1 Å². The third-order valence-corrected chi connectivity index (χ3v) is 4.20. The molecule has 0 saturated heterocycles. The molecule has 0 aliphatic heterocycles. The Hall–Kier alpha value is -3.02. The summed E-state index contributed by atoms with van der Waals surface area (Å²) in [6, 6.07) is 15.0. The molecule has 148 valence electrons. The van der Waals surface area contributed by atoms with E-state index in [1.165, 1.54) is 29.8 Å². The molecule has 0 fully saturated rings. The van der Waals surface area contributed by atoms with Crippen LogP contribution in [0.25, 0.3) is 0 Å². The fourth-order valence-corrected chi connectivity index (χ4v) is 2.63. The van der Waals surface area contributed by atoms with Crippen molar-refractivity contribution in [3.63, 3.8) is 0 Å². The van der Waals surface area contributed by atoms with E-state index < -0.39 is 11.8 Å². The van der Waals surface area contributed by atoms with E-state index in [0.717, 1.165) is 12.8 Å². The predicted octanol–water partition coefficient (Wildman–Crippen LogP) is 3.47. The summed E-state index contributed by atoms with van der Waals surface area (Å²) in [4.78, 5) is 35.5. The third kappa shape index (κ3) is 7.70. The lowest BCUT2D eigenvalue weighted by molar-refractivity contribution is -0.148. The fraction of sp³-hybridized carbons (Fsp3) is 0.318. The van der Waals surface area contributed by atoms with E-state index in [1.807, 2.05) is 37.3 Å². The standard InChI is InChI=1S/C22H24FNO4/c1-16(7-8-17-5-3-2-4-6-17)24-21(26)15-28-22(27)14-13-20(25)18-9-11-19(23)12-10-18/h2-6,9-12,16H,7-8,13-15H2,1H3,(H,24,26)/t16-/m1/s1. The molecule has 5 nitrogen and oxygen atoms in total. The Bertz CT molecular complexity index is 790. The molecule has 0 aromatic heterocycles. The summed E-state index contributed by atoms with van der Waals surface area (Å²) in [5, 5.41) is 2.78. The van der Waals surface area contributed by atoms with E-state index in [2.05, 4.69) is 5.32 Å². The lowest BCUT2D eigenvalue weighted by atomic mass is 10.1. The molecular formula is C22H24FNO4. The van der Waals surface area contributed by atoms with Gasteiger partial charge in [-0.1, -0.05) is 30.3 Å². The highest BCUT2D eigenvalue weighted by Crippen LogP contribution is 2.08. The molecule has 0 unspecified atom stereocenters. The van der Waals surface area contributed by atoms with Gasteiger partial charge in [-0.05, 0) is 49.6 Å². The molecule has 0 bridgehead atoms. The lowest BCUT2D eigenvalue weighted by Crippen LogP contribution is -2.36. The number of Topliss-reactive ketones (excluding diaryl/α,β-unsaturated/α-hetero) is 1. The van der Waals surface area contributed by atoms with Gasteiger partial charge >= 0.3 is 5.97 Å². The van der Waals surface area contributed by atoms with Gasteiger partial charge in [-0.25, -0.2) is 4.39 Å². The van der Waals surface area contributed by atoms with Gasteiger partial charge in [-0.3, -0.25) is 14.4 Å². The van der Waals surface area contributed by atoms with Crippen LogP contribution >= 0.6 is 0 Å². The quantitative estimate of drug-likeness (QED) is 0.502. The van der Waals surface area contributed by atoms with Gasteiger partial charge in [0.25, 0.3) is 5.91 Å². The predicted molar refractivity (Wildman–Crippen MR) is 103 cm³/mol. The van der Waals surface area contributed by atoms with Crippen molar-refractivity contribution in [2.45, 2.75) is 38.6 Å². The second-order valence-corrected chi connectivity index (χ2v) is 6.58. The summed E-state index contributed by atoms with van der Waals surface area (Å²) in [6.07, 6.45) is 1.43. The maximum atomic E-state index is 12.8. The number of amides is 1. The second-order valence-electron chi connectivity index (χ2n) is 6.58. The molecule has 1 amide bonds. The van der Waals surface area contributed by atoms with Crippen molar-refractivity contribution in [1.29, 1.82) is 0 Å². The molecular weight excluding hydrogens is 361 g/mol. The van der Waals surface area contributed by atoms with E-state index in [-0.39, 0.29) is 37.2 Å². The average molecular weight is 385 g/mol. The van der Waals surface area contributed by atoms with Crippen molar-refractivity contribution in [2.24, 2.45) is 0 Å². The van der Waals surface area contributed by atoms with E-state index in [1.54, 1.807) is 0 Å². The SMILES string of the molecule is C[C@H](CCc1ccccc1)NC(=O)COC(=O)CCC(=O)c1ccc(F)cc1. The topological polar surface area (TPSA) is 72.5 Å². The number of halogens is 1. The van der Waals surface area contributed by atoms with Crippen LogP contribution in [0.5, 0.6) is 0 Å². The molecule has 1 N–H and O–H groups in total. The number of ketones is 1. The summed E-state index contributed by atoms with van der Waals surface area (Å²) >= 11 is 0. The van der Waals surface area contributed by atoms with E-state index in [0.29, 0.717) is 5.56 Å². The van der Waals surface area contributed by atoms with Gasteiger partial charge in [0.15, 0.2) is 12.4 Å². The molecule has 6 heteroatoms. The molecule has 2 rings (SSSR count). The minimum absolute atomic E-state index is 0.0496. The third-order valence-electron chi connectivity index (χ3n) is 4.20. The van der Waals surface area contributed by atoms with Crippen molar-refractivity contribution in [2.75, 3.05) is 6.61 Å². The van der Waals surface area contributed by atoms with Crippen LogP contribution in [0.1, 0.15) is 42.1 Å². The highest BCUT2D eigenvalue weighted by Gasteiger charge is 2.13. The number of hydrogen-bond acceptors (Lipinski definition) is 4. The molecule has 2 aromatic carbocycles. The zero-order chi connectivity index (χ0) is 20.4. The Balaban J connectivity index is 1.62. The zero-order valence-corrected chi connectivity index (χ0v) is 15.8. The van der Waals surface area contributed by atoms with Crippen molar-refractivity contribution in [3.05, 3.63) is 71.5 Å². The first kappa shape index (κ1) is 21.3. The van der Waals surface area contributed by atoms with Gasteiger partial charge in [-0.15, -0.1) is 0 Å². The number of aryl methyl sites for hydroxylation is 1. The van der Waals surface area contributed by atoms with E-state index in [9.17, 15) is 18.8 Å².